The number of hydrogen-bond acceptors (Lipinski definition) is 5. The van der Waals surface area contributed by atoms with Crippen LogP contribution in [0.5, 0.6) is 16.7 Å². The first-order chi connectivity index (χ1) is 8.60. The molecule has 0 fully saturated rings. The van der Waals surface area contributed by atoms with Gasteiger partial charge >= 0.3 is 5.97 Å². The van der Waals surface area contributed by atoms with Gasteiger partial charge in [-0.25, -0.2) is 4.79 Å². The van der Waals surface area contributed by atoms with E-state index in [9.17, 15) is 4.79 Å². The largest absolute Gasteiger partial charge is 0.493 e. The Hall–Kier alpha value is -1.79. The molecule has 0 aliphatic rings. The predicted octanol–water partition coefficient (Wildman–Crippen LogP) is 3.30. The van der Waals surface area contributed by atoms with Crippen LogP contribution in [-0.4, -0.2) is 23.2 Å². The van der Waals surface area contributed by atoms with Crippen LogP contribution in [0.4, 0.5) is 0 Å². The number of nitrogens with zero attached hydrogens (tertiary/aromatic N) is 1. The Kier molecular flexibility index (Phi) is 3.69. The van der Waals surface area contributed by atoms with Gasteiger partial charge in [-0.3, -0.25) is 0 Å². The smallest absolute Gasteiger partial charge is 0.335 e. The zero-order valence-electron chi connectivity index (χ0n) is 9.21. The van der Waals surface area contributed by atoms with Crippen molar-refractivity contribution >= 4 is 28.9 Å². The molecule has 94 valence electrons. The van der Waals surface area contributed by atoms with Gasteiger partial charge in [0.15, 0.2) is 11.5 Å². The number of rotatable bonds is 4. The number of aromatic nitrogens is 1. The number of benzene rings is 1. The highest BCUT2D eigenvalue weighted by molar-refractivity contribution is 7.11. The second-order valence-corrected chi connectivity index (χ2v) is 4.42. The van der Waals surface area contributed by atoms with Crippen molar-refractivity contribution in [2.45, 2.75) is 0 Å². The number of halogens is 1. The lowest BCUT2D eigenvalue weighted by molar-refractivity contribution is 0.0696. The highest BCUT2D eigenvalue weighted by Crippen LogP contribution is 2.34. The predicted molar refractivity (Wildman–Crippen MR) is 67.2 cm³/mol. The molecular formula is C11H8ClNO4S. The van der Waals surface area contributed by atoms with E-state index in [-0.39, 0.29) is 5.56 Å². The van der Waals surface area contributed by atoms with Crippen LogP contribution in [0.15, 0.2) is 23.6 Å². The summed E-state index contributed by atoms with van der Waals surface area (Å²) in [4.78, 5) is 14.7. The fourth-order valence-electron chi connectivity index (χ4n) is 1.26. The highest BCUT2D eigenvalue weighted by atomic mass is 35.5. The lowest BCUT2D eigenvalue weighted by Gasteiger charge is -2.08. The average molecular weight is 286 g/mol. The summed E-state index contributed by atoms with van der Waals surface area (Å²) in [5.41, 5.74) is 0.122. The molecule has 0 radical (unpaired) electrons. The van der Waals surface area contributed by atoms with Crippen molar-refractivity contribution in [2.75, 3.05) is 7.11 Å². The van der Waals surface area contributed by atoms with Gasteiger partial charge in [0.25, 0.3) is 5.19 Å². The molecule has 0 unspecified atom stereocenters. The molecule has 0 aliphatic heterocycles. The molecule has 2 rings (SSSR count). The summed E-state index contributed by atoms with van der Waals surface area (Å²) < 4.78 is 10.5. The molecule has 0 saturated carbocycles. The minimum absolute atomic E-state index is 0.122. The number of ether oxygens (including phenoxy) is 2. The van der Waals surface area contributed by atoms with E-state index in [4.69, 9.17) is 26.2 Å². The highest BCUT2D eigenvalue weighted by Gasteiger charge is 2.12. The van der Waals surface area contributed by atoms with Crippen molar-refractivity contribution < 1.29 is 19.4 Å². The third kappa shape index (κ3) is 2.72. The van der Waals surface area contributed by atoms with Crippen LogP contribution in [0, 0.1) is 0 Å². The first kappa shape index (κ1) is 12.7. The summed E-state index contributed by atoms with van der Waals surface area (Å²) >= 11 is 6.91. The first-order valence-electron chi connectivity index (χ1n) is 4.80. The van der Waals surface area contributed by atoms with Crippen LogP contribution in [0.25, 0.3) is 0 Å². The Labute approximate surface area is 112 Å². The molecule has 1 N–H and O–H groups in total. The number of thiazole rings is 1. The summed E-state index contributed by atoms with van der Waals surface area (Å²) in [7, 11) is 1.43. The Balaban J connectivity index is 2.30. The van der Waals surface area contributed by atoms with Crippen LogP contribution in [0.2, 0.25) is 5.15 Å². The van der Waals surface area contributed by atoms with Crippen molar-refractivity contribution in [1.29, 1.82) is 0 Å². The van der Waals surface area contributed by atoms with Gasteiger partial charge in [0.1, 0.15) is 5.15 Å². The van der Waals surface area contributed by atoms with Crippen LogP contribution in [0.1, 0.15) is 10.4 Å². The van der Waals surface area contributed by atoms with Crippen LogP contribution >= 0.6 is 22.9 Å². The third-order valence-electron chi connectivity index (χ3n) is 2.06. The van der Waals surface area contributed by atoms with Crippen LogP contribution < -0.4 is 9.47 Å². The molecule has 1 aromatic carbocycles. The van der Waals surface area contributed by atoms with Gasteiger partial charge in [-0.15, -0.1) is 0 Å². The quantitative estimate of drug-likeness (QED) is 0.933. The van der Waals surface area contributed by atoms with E-state index in [1.807, 2.05) is 0 Å². The maximum atomic E-state index is 10.8. The topological polar surface area (TPSA) is 68.7 Å². The SMILES string of the molecule is COc1cc(C(=O)O)ccc1Oc1nc(Cl)cs1. The molecule has 0 saturated heterocycles. The Morgan fingerprint density at radius 1 is 1.44 bits per heavy atom. The second-order valence-electron chi connectivity index (χ2n) is 3.21. The molecule has 0 bridgehead atoms. The summed E-state index contributed by atoms with van der Waals surface area (Å²) in [6.45, 7) is 0. The molecule has 0 atom stereocenters. The van der Waals surface area contributed by atoms with Crippen molar-refractivity contribution in [1.82, 2.24) is 4.98 Å². The van der Waals surface area contributed by atoms with Crippen molar-refractivity contribution in [3.05, 3.63) is 34.3 Å². The van der Waals surface area contributed by atoms with E-state index in [1.54, 1.807) is 5.38 Å². The van der Waals surface area contributed by atoms with Crippen molar-refractivity contribution in [2.24, 2.45) is 0 Å². The summed E-state index contributed by atoms with van der Waals surface area (Å²) in [6.07, 6.45) is 0. The lowest BCUT2D eigenvalue weighted by Crippen LogP contribution is -1.98. The third-order valence-corrected chi connectivity index (χ3v) is 3.10. The van der Waals surface area contributed by atoms with Crippen LogP contribution in [0.3, 0.4) is 0 Å². The number of aromatic carboxylic acids is 1. The summed E-state index contributed by atoms with van der Waals surface area (Å²) in [5.74, 6) is -0.327. The number of carbonyl (C=O) groups is 1. The Morgan fingerprint density at radius 3 is 2.78 bits per heavy atom. The minimum atomic E-state index is -1.03. The molecule has 0 spiro atoms. The van der Waals surface area contributed by atoms with Crippen LogP contribution in [-0.2, 0) is 0 Å². The number of methoxy groups -OCH3 is 1. The van der Waals surface area contributed by atoms with Gasteiger partial charge in [-0.2, -0.15) is 4.98 Å². The van der Waals surface area contributed by atoms with E-state index in [0.717, 1.165) is 0 Å². The number of carboxylic acids is 1. The maximum absolute atomic E-state index is 10.8. The minimum Gasteiger partial charge on any atom is -0.493 e. The van der Waals surface area contributed by atoms with Crippen molar-refractivity contribution in [3.8, 4) is 16.7 Å². The van der Waals surface area contributed by atoms with Gasteiger partial charge in [-0.1, -0.05) is 22.9 Å². The standard InChI is InChI=1S/C11H8ClNO4S/c1-16-8-4-6(10(14)15)2-3-7(8)17-11-13-9(12)5-18-11/h2-5H,1H3,(H,14,15). The number of hydrogen-bond donors (Lipinski definition) is 1. The van der Waals surface area contributed by atoms with Gasteiger partial charge in [0.2, 0.25) is 0 Å². The van der Waals surface area contributed by atoms with Gasteiger partial charge < -0.3 is 14.6 Å². The van der Waals surface area contributed by atoms with E-state index in [2.05, 4.69) is 4.98 Å². The number of carboxylic acid groups (broad SMARTS) is 1. The molecule has 0 aliphatic carbocycles. The zero-order chi connectivity index (χ0) is 13.1. The normalized spacial score (nSPS) is 10.1. The monoisotopic (exact) mass is 285 g/mol. The first-order valence-corrected chi connectivity index (χ1v) is 6.06. The molecule has 7 heteroatoms. The lowest BCUT2D eigenvalue weighted by atomic mass is 10.2. The van der Waals surface area contributed by atoms with E-state index in [0.29, 0.717) is 21.8 Å². The van der Waals surface area contributed by atoms with E-state index in [1.165, 1.54) is 36.6 Å². The molecule has 18 heavy (non-hydrogen) atoms. The molecular weight excluding hydrogens is 278 g/mol. The zero-order valence-corrected chi connectivity index (χ0v) is 10.8. The summed E-state index contributed by atoms with van der Waals surface area (Å²) in [5, 5.41) is 11.2. The van der Waals surface area contributed by atoms with Gasteiger partial charge in [0.05, 0.1) is 12.7 Å². The van der Waals surface area contributed by atoms with Gasteiger partial charge in [0, 0.05) is 5.38 Å². The average Bonchev–Trinajstić information content (AvgIpc) is 2.75. The molecule has 0 amide bonds. The van der Waals surface area contributed by atoms with Crippen molar-refractivity contribution in [3.63, 3.8) is 0 Å². The van der Waals surface area contributed by atoms with E-state index >= 15 is 0 Å². The maximum Gasteiger partial charge on any atom is 0.335 e. The van der Waals surface area contributed by atoms with E-state index < -0.39 is 5.97 Å². The molecule has 1 heterocycles. The second kappa shape index (κ2) is 5.24. The fourth-order valence-corrected chi connectivity index (χ4v) is 2.07. The molecule has 1 aromatic heterocycles. The fraction of sp³-hybridized carbons (Fsp3) is 0.0909. The Morgan fingerprint density at radius 2 is 2.22 bits per heavy atom. The summed E-state index contributed by atoms with van der Waals surface area (Å²) in [6, 6.07) is 4.32. The molecule has 5 nitrogen and oxygen atoms in total. The molecule has 2 aromatic rings. The Bertz CT molecular complexity index is 584. The van der Waals surface area contributed by atoms with Gasteiger partial charge in [-0.05, 0) is 18.2 Å².